The van der Waals surface area contributed by atoms with Crippen molar-refractivity contribution in [2.45, 2.75) is 6.61 Å². The van der Waals surface area contributed by atoms with Crippen molar-refractivity contribution in [1.29, 1.82) is 0 Å². The van der Waals surface area contributed by atoms with Gasteiger partial charge in [-0.25, -0.2) is 4.99 Å². The Labute approximate surface area is 182 Å². The first-order valence-electron chi connectivity index (χ1n) is 9.38. The van der Waals surface area contributed by atoms with Crippen LogP contribution in [0.15, 0.2) is 88.8 Å². The van der Waals surface area contributed by atoms with Gasteiger partial charge >= 0.3 is 0 Å². The first-order valence-corrected chi connectivity index (χ1v) is 10.2. The van der Waals surface area contributed by atoms with Crippen LogP contribution in [0.4, 0.5) is 11.4 Å². The molecule has 1 fully saturated rings. The Kier molecular flexibility index (Phi) is 6.09. The highest BCUT2D eigenvalue weighted by Gasteiger charge is 2.23. The first-order chi connectivity index (χ1) is 15.1. The van der Waals surface area contributed by atoms with Gasteiger partial charge in [-0.05, 0) is 65.4 Å². The molecule has 1 amide bonds. The van der Waals surface area contributed by atoms with Crippen LogP contribution in [0.2, 0.25) is 0 Å². The Balaban J connectivity index is 1.37. The summed E-state index contributed by atoms with van der Waals surface area (Å²) in [7, 11) is 0. The minimum atomic E-state index is -0.433. The summed E-state index contributed by atoms with van der Waals surface area (Å²) in [6, 6.07) is 23.0. The Hall–Kier alpha value is -3.91. The van der Waals surface area contributed by atoms with Gasteiger partial charge in [0.2, 0.25) is 0 Å². The summed E-state index contributed by atoms with van der Waals surface area (Å²) < 4.78 is 5.73. The summed E-state index contributed by atoms with van der Waals surface area (Å²) >= 11 is 1.29. The molecule has 0 unspecified atom stereocenters. The number of carbonyl (C=O) groups is 1. The zero-order valence-corrected chi connectivity index (χ0v) is 17.0. The summed E-state index contributed by atoms with van der Waals surface area (Å²) in [5, 5.41) is 14.0. The summed E-state index contributed by atoms with van der Waals surface area (Å²) in [5.74, 6) is 0.480. The molecule has 4 rings (SSSR count). The van der Waals surface area contributed by atoms with Gasteiger partial charge in [0.1, 0.15) is 12.4 Å². The average Bonchev–Trinajstić information content (AvgIpc) is 3.12. The highest BCUT2D eigenvalue weighted by molar-refractivity contribution is 8.18. The van der Waals surface area contributed by atoms with Gasteiger partial charge in [-0.15, -0.1) is 0 Å². The third-order valence-corrected chi connectivity index (χ3v) is 5.28. The van der Waals surface area contributed by atoms with Crippen molar-refractivity contribution in [3.63, 3.8) is 0 Å². The van der Waals surface area contributed by atoms with E-state index in [-0.39, 0.29) is 11.6 Å². The third-order valence-electron chi connectivity index (χ3n) is 4.37. The van der Waals surface area contributed by atoms with E-state index in [0.29, 0.717) is 22.4 Å². The number of carbonyl (C=O) groups excluding carboxylic acids is 1. The van der Waals surface area contributed by atoms with Crippen LogP contribution in [0, 0.1) is 10.1 Å². The number of para-hydroxylation sites is 1. The zero-order valence-electron chi connectivity index (χ0n) is 16.2. The number of hydrogen-bond acceptors (Lipinski definition) is 6. The van der Waals surface area contributed by atoms with E-state index in [1.165, 1.54) is 23.9 Å². The molecule has 0 atom stereocenters. The van der Waals surface area contributed by atoms with Gasteiger partial charge in [0, 0.05) is 12.1 Å². The molecule has 154 valence electrons. The van der Waals surface area contributed by atoms with Crippen LogP contribution in [0.25, 0.3) is 6.08 Å². The maximum Gasteiger partial charge on any atom is 0.269 e. The van der Waals surface area contributed by atoms with Crippen LogP contribution < -0.4 is 10.1 Å². The fourth-order valence-corrected chi connectivity index (χ4v) is 3.63. The van der Waals surface area contributed by atoms with E-state index in [1.807, 2.05) is 54.6 Å². The van der Waals surface area contributed by atoms with Gasteiger partial charge in [0.15, 0.2) is 5.17 Å². The minimum absolute atomic E-state index is 0.0481. The Bertz CT molecular complexity index is 1160. The van der Waals surface area contributed by atoms with Crippen LogP contribution >= 0.6 is 11.8 Å². The molecule has 8 heteroatoms. The standard InChI is InChI=1S/C23H17N3O4S/c27-22-21(31-23(25-22)24-18-4-2-1-3-5-18)14-16-8-12-20(13-9-16)30-15-17-6-10-19(11-7-17)26(28)29/h1-14H,15H2,(H,24,25,27)/b21-14+. The normalized spacial score (nSPS) is 15.8. The van der Waals surface area contributed by atoms with Gasteiger partial charge in [-0.3, -0.25) is 14.9 Å². The maximum atomic E-state index is 12.2. The predicted octanol–water partition coefficient (Wildman–Crippen LogP) is 5.07. The highest BCUT2D eigenvalue weighted by atomic mass is 32.2. The highest BCUT2D eigenvalue weighted by Crippen LogP contribution is 2.28. The maximum absolute atomic E-state index is 12.2. The van der Waals surface area contributed by atoms with Gasteiger partial charge < -0.3 is 10.1 Å². The molecule has 3 aromatic rings. The number of rotatable bonds is 6. The van der Waals surface area contributed by atoms with Crippen LogP contribution in [0.1, 0.15) is 11.1 Å². The lowest BCUT2D eigenvalue weighted by Gasteiger charge is -2.06. The number of benzene rings is 3. The van der Waals surface area contributed by atoms with Crippen molar-refractivity contribution in [3.8, 4) is 5.75 Å². The number of thioether (sulfide) groups is 1. The van der Waals surface area contributed by atoms with E-state index >= 15 is 0 Å². The summed E-state index contributed by atoms with van der Waals surface area (Å²) in [5.41, 5.74) is 2.52. The molecule has 1 aliphatic heterocycles. The largest absolute Gasteiger partial charge is 0.489 e. The molecule has 31 heavy (non-hydrogen) atoms. The Morgan fingerprint density at radius 3 is 2.39 bits per heavy atom. The second-order valence-corrected chi connectivity index (χ2v) is 7.63. The second kappa shape index (κ2) is 9.27. The number of hydrogen-bond donors (Lipinski definition) is 1. The Morgan fingerprint density at radius 1 is 1.00 bits per heavy atom. The molecule has 0 aliphatic carbocycles. The second-order valence-electron chi connectivity index (χ2n) is 6.60. The van der Waals surface area contributed by atoms with E-state index in [9.17, 15) is 14.9 Å². The lowest BCUT2D eigenvalue weighted by molar-refractivity contribution is -0.384. The molecule has 1 heterocycles. The number of amides is 1. The molecule has 7 nitrogen and oxygen atoms in total. The van der Waals surface area contributed by atoms with Gasteiger partial charge in [-0.2, -0.15) is 0 Å². The molecule has 1 N–H and O–H groups in total. The smallest absolute Gasteiger partial charge is 0.269 e. The lowest BCUT2D eigenvalue weighted by Crippen LogP contribution is -2.19. The minimum Gasteiger partial charge on any atom is -0.489 e. The number of amidine groups is 1. The number of ether oxygens (including phenoxy) is 1. The number of aliphatic imine (C=N–C) groups is 1. The van der Waals surface area contributed by atoms with Crippen molar-refractivity contribution in [2.75, 3.05) is 0 Å². The lowest BCUT2D eigenvalue weighted by atomic mass is 10.2. The number of nitro benzene ring substituents is 1. The number of non-ortho nitro benzene ring substituents is 1. The van der Waals surface area contributed by atoms with Crippen molar-refractivity contribution < 1.29 is 14.5 Å². The Morgan fingerprint density at radius 2 is 1.71 bits per heavy atom. The number of nitrogens with one attached hydrogen (secondary N) is 1. The third kappa shape index (κ3) is 5.37. The van der Waals surface area contributed by atoms with Crippen LogP contribution in [-0.2, 0) is 11.4 Å². The molecule has 1 saturated heterocycles. The van der Waals surface area contributed by atoms with E-state index < -0.39 is 4.92 Å². The molecular formula is C23H17N3O4S. The predicted molar refractivity (Wildman–Crippen MR) is 121 cm³/mol. The molecule has 0 spiro atoms. The molecule has 1 aliphatic rings. The van der Waals surface area contributed by atoms with Gasteiger partial charge in [0.05, 0.1) is 15.5 Å². The SMILES string of the molecule is O=C1NC(=Nc2ccccc2)S/C1=C/c1ccc(OCc2ccc([N+](=O)[O-])cc2)cc1. The summed E-state index contributed by atoms with van der Waals surface area (Å²) in [6.45, 7) is 0.302. The van der Waals surface area contributed by atoms with Gasteiger partial charge in [-0.1, -0.05) is 30.3 Å². The van der Waals surface area contributed by atoms with E-state index in [1.54, 1.807) is 18.2 Å². The fourth-order valence-electron chi connectivity index (χ4n) is 2.79. The summed E-state index contributed by atoms with van der Waals surface area (Å²) in [4.78, 5) is 27.5. The topological polar surface area (TPSA) is 93.8 Å². The van der Waals surface area contributed by atoms with Crippen molar-refractivity contribution >= 4 is 40.3 Å². The van der Waals surface area contributed by atoms with Crippen molar-refractivity contribution in [1.82, 2.24) is 5.32 Å². The monoisotopic (exact) mass is 431 g/mol. The number of nitro groups is 1. The van der Waals surface area contributed by atoms with Crippen LogP contribution in [0.3, 0.4) is 0 Å². The molecule has 0 aromatic heterocycles. The van der Waals surface area contributed by atoms with Crippen LogP contribution in [-0.4, -0.2) is 16.0 Å². The van der Waals surface area contributed by atoms with Gasteiger partial charge in [0.25, 0.3) is 11.6 Å². The molecule has 0 bridgehead atoms. The van der Waals surface area contributed by atoms with Crippen molar-refractivity contribution in [2.24, 2.45) is 4.99 Å². The number of nitrogens with zero attached hydrogens (tertiary/aromatic N) is 2. The van der Waals surface area contributed by atoms with E-state index in [2.05, 4.69) is 10.3 Å². The fraction of sp³-hybridized carbons (Fsp3) is 0.0435. The zero-order chi connectivity index (χ0) is 21.6. The molecule has 3 aromatic carbocycles. The van der Waals surface area contributed by atoms with Crippen LogP contribution in [0.5, 0.6) is 5.75 Å². The van der Waals surface area contributed by atoms with Crippen molar-refractivity contribution in [3.05, 3.63) is 105 Å². The molecular weight excluding hydrogens is 414 g/mol. The first kappa shape index (κ1) is 20.4. The summed E-state index contributed by atoms with van der Waals surface area (Å²) in [6.07, 6.45) is 1.80. The molecule has 0 saturated carbocycles. The quantitative estimate of drug-likeness (QED) is 0.334. The molecule has 0 radical (unpaired) electrons. The van der Waals surface area contributed by atoms with E-state index in [0.717, 1.165) is 16.8 Å². The average molecular weight is 431 g/mol. The van der Waals surface area contributed by atoms with E-state index in [4.69, 9.17) is 4.74 Å².